The van der Waals surface area contributed by atoms with Gasteiger partial charge in [0.15, 0.2) is 5.78 Å². The first-order valence-electron chi connectivity index (χ1n) is 4.27. The van der Waals surface area contributed by atoms with E-state index in [2.05, 4.69) is 4.74 Å². The molecule has 0 bridgehead atoms. The second-order valence-electron chi connectivity index (χ2n) is 2.33. The molecule has 0 aromatic heterocycles. The number of carbonyl (C=O) groups excluding carboxylic acids is 2. The number of hydrogen-bond acceptors (Lipinski definition) is 4. The van der Waals surface area contributed by atoms with E-state index in [-0.39, 0.29) is 18.1 Å². The molecule has 0 aliphatic rings. The van der Waals surface area contributed by atoms with Crippen molar-refractivity contribution in [3.8, 4) is 0 Å². The van der Waals surface area contributed by atoms with Crippen LogP contribution in [0.2, 0.25) is 0 Å². The Morgan fingerprint density at radius 2 is 1.93 bits per heavy atom. The van der Waals surface area contributed by atoms with Gasteiger partial charge >= 0.3 is 5.97 Å². The van der Waals surface area contributed by atoms with Crippen molar-refractivity contribution < 1.29 is 19.1 Å². The van der Waals surface area contributed by atoms with Crippen LogP contribution in [0, 0.1) is 0 Å². The Labute approximate surface area is 87.8 Å². The van der Waals surface area contributed by atoms with Crippen molar-refractivity contribution in [3.05, 3.63) is 11.3 Å². The summed E-state index contributed by atoms with van der Waals surface area (Å²) < 4.78 is 9.37. The zero-order chi connectivity index (χ0) is 11.0. The number of allylic oxidation sites excluding steroid dienone is 1. The Kier molecular flexibility index (Phi) is 6.84. The minimum atomic E-state index is -0.583. The molecule has 0 N–H and O–H groups in total. The van der Waals surface area contributed by atoms with Crippen molar-refractivity contribution in [2.75, 3.05) is 13.2 Å². The first kappa shape index (κ1) is 13.0. The second kappa shape index (κ2) is 7.38. The van der Waals surface area contributed by atoms with E-state index in [1.165, 1.54) is 0 Å². The van der Waals surface area contributed by atoms with Crippen LogP contribution in [-0.4, -0.2) is 25.0 Å². The summed E-state index contributed by atoms with van der Waals surface area (Å²) in [4.78, 5) is 22.0. The second-order valence-corrected chi connectivity index (χ2v) is 2.73. The summed E-state index contributed by atoms with van der Waals surface area (Å²) >= 11 is 5.53. The Morgan fingerprint density at radius 1 is 1.29 bits per heavy atom. The van der Waals surface area contributed by atoms with Crippen molar-refractivity contribution >= 4 is 23.4 Å². The molecule has 0 aliphatic carbocycles. The maximum atomic E-state index is 11.2. The summed E-state index contributed by atoms with van der Waals surface area (Å²) in [5.41, 5.74) is 0. The lowest BCUT2D eigenvalue weighted by Gasteiger charge is -2.00. The number of rotatable bonds is 6. The van der Waals surface area contributed by atoms with Gasteiger partial charge in [0.1, 0.15) is 17.7 Å². The van der Waals surface area contributed by atoms with E-state index >= 15 is 0 Å². The van der Waals surface area contributed by atoms with Crippen molar-refractivity contribution in [1.82, 2.24) is 0 Å². The zero-order valence-electron chi connectivity index (χ0n) is 8.21. The lowest BCUT2D eigenvalue weighted by Crippen LogP contribution is -2.11. The maximum Gasteiger partial charge on any atom is 0.313 e. The van der Waals surface area contributed by atoms with Crippen LogP contribution in [0.1, 0.15) is 20.3 Å². The molecular formula is C9H13ClO4. The number of ketones is 1. The summed E-state index contributed by atoms with van der Waals surface area (Å²) in [6.45, 7) is 4.10. The molecule has 0 fully saturated rings. The minimum Gasteiger partial charge on any atom is -0.500 e. The van der Waals surface area contributed by atoms with Crippen LogP contribution in [0.4, 0.5) is 0 Å². The predicted octanol–water partition coefficient (Wildman–Crippen LogP) is 1.63. The van der Waals surface area contributed by atoms with Crippen LogP contribution in [0.5, 0.6) is 0 Å². The summed E-state index contributed by atoms with van der Waals surface area (Å²) in [5.74, 6) is -1.08. The Morgan fingerprint density at radius 3 is 2.43 bits per heavy atom. The fraction of sp³-hybridized carbons (Fsp3) is 0.556. The van der Waals surface area contributed by atoms with Gasteiger partial charge in [-0.05, 0) is 13.8 Å². The standard InChI is InChI=1S/C9H13ClO4/c1-3-13-6-7(10)8(11)5-9(12)14-4-2/h6H,3-5H2,1-2H3/b7-6-. The first-order valence-corrected chi connectivity index (χ1v) is 4.65. The number of carbonyl (C=O) groups is 2. The van der Waals surface area contributed by atoms with Gasteiger partial charge in [-0.2, -0.15) is 0 Å². The Balaban J connectivity index is 4.01. The van der Waals surface area contributed by atoms with Gasteiger partial charge in [-0.25, -0.2) is 0 Å². The highest BCUT2D eigenvalue weighted by Crippen LogP contribution is 2.06. The molecule has 0 aromatic carbocycles. The average Bonchev–Trinajstić information content (AvgIpc) is 2.14. The van der Waals surface area contributed by atoms with Gasteiger partial charge in [0.05, 0.1) is 13.2 Å². The van der Waals surface area contributed by atoms with Gasteiger partial charge in [-0.3, -0.25) is 9.59 Å². The maximum absolute atomic E-state index is 11.2. The molecule has 0 aromatic rings. The SMILES string of the molecule is CCO/C=C(\Cl)C(=O)CC(=O)OCC. The van der Waals surface area contributed by atoms with E-state index in [1.54, 1.807) is 13.8 Å². The number of halogens is 1. The highest BCUT2D eigenvalue weighted by molar-refractivity contribution is 6.43. The van der Waals surface area contributed by atoms with Gasteiger partial charge in [0.25, 0.3) is 0 Å². The van der Waals surface area contributed by atoms with Crippen molar-refractivity contribution in [1.29, 1.82) is 0 Å². The molecule has 14 heavy (non-hydrogen) atoms. The lowest BCUT2D eigenvalue weighted by molar-refractivity contribution is -0.144. The smallest absolute Gasteiger partial charge is 0.313 e. The van der Waals surface area contributed by atoms with E-state index in [0.717, 1.165) is 6.26 Å². The largest absolute Gasteiger partial charge is 0.500 e. The normalized spacial score (nSPS) is 10.9. The van der Waals surface area contributed by atoms with Crippen molar-refractivity contribution in [2.24, 2.45) is 0 Å². The van der Waals surface area contributed by atoms with Gasteiger partial charge in [-0.15, -0.1) is 0 Å². The third kappa shape index (κ3) is 5.59. The van der Waals surface area contributed by atoms with Crippen molar-refractivity contribution in [3.63, 3.8) is 0 Å². The molecule has 0 radical (unpaired) electrons. The van der Waals surface area contributed by atoms with Crippen molar-refractivity contribution in [2.45, 2.75) is 20.3 Å². The molecule has 4 nitrogen and oxygen atoms in total. The molecule has 0 atom stereocenters. The number of hydrogen-bond donors (Lipinski definition) is 0. The third-order valence-electron chi connectivity index (χ3n) is 1.23. The molecular weight excluding hydrogens is 208 g/mol. The van der Waals surface area contributed by atoms with Crippen LogP contribution < -0.4 is 0 Å². The summed E-state index contributed by atoms with van der Waals surface area (Å²) in [7, 11) is 0. The molecule has 0 aliphatic heterocycles. The molecule has 5 heteroatoms. The summed E-state index contributed by atoms with van der Waals surface area (Å²) in [6.07, 6.45) is 0.777. The average molecular weight is 221 g/mol. The zero-order valence-corrected chi connectivity index (χ0v) is 8.97. The monoisotopic (exact) mass is 220 g/mol. The molecule has 0 saturated carbocycles. The Hall–Kier alpha value is -1.03. The number of esters is 1. The minimum absolute atomic E-state index is 0.0973. The van der Waals surface area contributed by atoms with E-state index in [0.29, 0.717) is 6.61 Å². The highest BCUT2D eigenvalue weighted by atomic mass is 35.5. The first-order chi connectivity index (χ1) is 6.61. The van der Waals surface area contributed by atoms with Crippen LogP contribution >= 0.6 is 11.6 Å². The van der Waals surface area contributed by atoms with Gasteiger partial charge in [0, 0.05) is 0 Å². The highest BCUT2D eigenvalue weighted by Gasteiger charge is 2.13. The predicted molar refractivity (Wildman–Crippen MR) is 51.8 cm³/mol. The van der Waals surface area contributed by atoms with Crippen LogP contribution in [-0.2, 0) is 19.1 Å². The van der Waals surface area contributed by atoms with Crippen LogP contribution in [0.25, 0.3) is 0 Å². The van der Waals surface area contributed by atoms with Gasteiger partial charge < -0.3 is 9.47 Å². The number of Topliss-reactive ketones (excluding diaryl/α,β-unsaturated/α-hetero) is 1. The summed E-state index contributed by atoms with van der Waals surface area (Å²) in [6, 6.07) is 0. The molecule has 0 rings (SSSR count). The fourth-order valence-corrected chi connectivity index (χ4v) is 0.780. The van der Waals surface area contributed by atoms with Crippen LogP contribution in [0.15, 0.2) is 11.3 Å². The summed E-state index contributed by atoms with van der Waals surface area (Å²) in [5, 5.41) is -0.0973. The van der Waals surface area contributed by atoms with E-state index in [9.17, 15) is 9.59 Å². The quantitative estimate of drug-likeness (QED) is 0.296. The topological polar surface area (TPSA) is 52.6 Å². The molecule has 0 amide bonds. The Bertz CT molecular complexity index is 235. The molecule has 0 saturated heterocycles. The molecule has 0 spiro atoms. The fourth-order valence-electron chi connectivity index (χ4n) is 0.650. The third-order valence-corrected chi connectivity index (χ3v) is 1.53. The molecule has 0 heterocycles. The lowest BCUT2D eigenvalue weighted by atomic mass is 10.3. The molecule has 80 valence electrons. The number of ether oxygens (including phenoxy) is 2. The van der Waals surface area contributed by atoms with Gasteiger partial charge in [0.2, 0.25) is 0 Å². The van der Waals surface area contributed by atoms with E-state index in [1.807, 2.05) is 0 Å². The van der Waals surface area contributed by atoms with Gasteiger partial charge in [-0.1, -0.05) is 11.6 Å². The van der Waals surface area contributed by atoms with E-state index in [4.69, 9.17) is 16.3 Å². The molecule has 0 unspecified atom stereocenters. The van der Waals surface area contributed by atoms with E-state index < -0.39 is 11.8 Å². The van der Waals surface area contributed by atoms with Crippen LogP contribution in [0.3, 0.4) is 0 Å².